The molecular formula is C16H19N7O2. The van der Waals surface area contributed by atoms with Crippen LogP contribution >= 0.6 is 0 Å². The molecule has 0 spiro atoms. The summed E-state index contributed by atoms with van der Waals surface area (Å²) in [5.41, 5.74) is 2.10. The monoisotopic (exact) mass is 341 g/mol. The molecule has 0 radical (unpaired) electrons. The van der Waals surface area contributed by atoms with E-state index in [-0.39, 0.29) is 18.0 Å². The molecule has 4 heterocycles. The van der Waals surface area contributed by atoms with Crippen molar-refractivity contribution in [3.8, 4) is 11.6 Å². The lowest BCUT2D eigenvalue weighted by molar-refractivity contribution is 0.220. The van der Waals surface area contributed by atoms with Crippen LogP contribution in [0.2, 0.25) is 0 Å². The fourth-order valence-electron chi connectivity index (χ4n) is 3.16. The van der Waals surface area contributed by atoms with Gasteiger partial charge in [0, 0.05) is 18.8 Å². The number of nitrogens with zero attached hydrogens (tertiary/aromatic N) is 5. The largest absolute Gasteiger partial charge is 0.461 e. The van der Waals surface area contributed by atoms with Crippen molar-refractivity contribution >= 4 is 12.0 Å². The molecule has 0 saturated carbocycles. The third-order valence-electron chi connectivity index (χ3n) is 4.30. The van der Waals surface area contributed by atoms with Gasteiger partial charge in [-0.15, -0.1) is 5.10 Å². The molecule has 25 heavy (non-hydrogen) atoms. The molecule has 3 aromatic rings. The summed E-state index contributed by atoms with van der Waals surface area (Å²) < 4.78 is 7.25. The van der Waals surface area contributed by atoms with Crippen LogP contribution in [0.3, 0.4) is 0 Å². The van der Waals surface area contributed by atoms with Gasteiger partial charge in [-0.05, 0) is 38.5 Å². The van der Waals surface area contributed by atoms with Crippen LogP contribution in [-0.4, -0.2) is 49.0 Å². The molecular weight excluding hydrogens is 322 g/mol. The summed E-state index contributed by atoms with van der Waals surface area (Å²) >= 11 is 0. The van der Waals surface area contributed by atoms with E-state index >= 15 is 0 Å². The van der Waals surface area contributed by atoms with Gasteiger partial charge in [0.2, 0.25) is 0 Å². The van der Waals surface area contributed by atoms with Gasteiger partial charge in [0.25, 0.3) is 5.95 Å². The number of furan rings is 1. The van der Waals surface area contributed by atoms with E-state index in [1.807, 2.05) is 24.6 Å². The first kappa shape index (κ1) is 15.4. The third kappa shape index (κ3) is 3.00. The van der Waals surface area contributed by atoms with E-state index in [0.29, 0.717) is 24.7 Å². The summed E-state index contributed by atoms with van der Waals surface area (Å²) in [7, 11) is 0. The van der Waals surface area contributed by atoms with Gasteiger partial charge in [-0.3, -0.25) is 15.1 Å². The number of aromatic amines is 1. The molecule has 1 aliphatic heterocycles. The normalized spacial score (nSPS) is 17.2. The molecule has 0 aromatic carbocycles. The number of H-pyrrole nitrogens is 1. The van der Waals surface area contributed by atoms with Gasteiger partial charge in [0.05, 0.1) is 18.0 Å². The number of nitrogens with one attached hydrogen (secondary N) is 2. The Labute approximate surface area is 144 Å². The van der Waals surface area contributed by atoms with Crippen LogP contribution in [0.1, 0.15) is 23.9 Å². The molecule has 3 aromatic heterocycles. The Balaban J connectivity index is 1.40. The van der Waals surface area contributed by atoms with Gasteiger partial charge in [0.1, 0.15) is 0 Å². The quantitative estimate of drug-likeness (QED) is 0.761. The van der Waals surface area contributed by atoms with Crippen LogP contribution in [-0.2, 0) is 0 Å². The van der Waals surface area contributed by atoms with Crippen LogP contribution in [0.15, 0.2) is 28.9 Å². The fraction of sp³-hybridized carbons (Fsp3) is 0.375. The van der Waals surface area contributed by atoms with Gasteiger partial charge in [-0.2, -0.15) is 10.1 Å². The van der Waals surface area contributed by atoms with E-state index in [1.54, 1.807) is 23.3 Å². The number of anilines is 1. The summed E-state index contributed by atoms with van der Waals surface area (Å²) in [5.74, 6) is 1.27. The summed E-state index contributed by atoms with van der Waals surface area (Å²) in [6, 6.07) is 5.57. The lowest BCUT2D eigenvalue weighted by Gasteiger charge is -2.17. The highest BCUT2D eigenvalue weighted by Gasteiger charge is 2.29. The number of aromatic nitrogens is 5. The Kier molecular flexibility index (Phi) is 3.75. The molecule has 9 nitrogen and oxygen atoms in total. The first-order valence-corrected chi connectivity index (χ1v) is 8.15. The molecule has 4 rings (SSSR count). The molecule has 1 aliphatic rings. The van der Waals surface area contributed by atoms with E-state index < -0.39 is 0 Å². The number of amides is 2. The molecule has 2 N–H and O–H groups in total. The van der Waals surface area contributed by atoms with E-state index in [9.17, 15) is 4.79 Å². The van der Waals surface area contributed by atoms with Crippen molar-refractivity contribution in [1.29, 1.82) is 0 Å². The highest BCUT2D eigenvalue weighted by molar-refractivity contribution is 5.87. The number of carbonyl (C=O) groups excluding carboxylic acids is 1. The summed E-state index contributed by atoms with van der Waals surface area (Å²) in [6.07, 6.45) is 2.43. The van der Waals surface area contributed by atoms with Crippen molar-refractivity contribution in [3.05, 3.63) is 35.9 Å². The summed E-state index contributed by atoms with van der Waals surface area (Å²) in [5, 5.41) is 14.0. The van der Waals surface area contributed by atoms with Crippen LogP contribution in [0, 0.1) is 13.8 Å². The van der Waals surface area contributed by atoms with Gasteiger partial charge >= 0.3 is 6.03 Å². The zero-order chi connectivity index (χ0) is 17.4. The zero-order valence-corrected chi connectivity index (χ0v) is 14.1. The predicted molar refractivity (Wildman–Crippen MR) is 90.0 cm³/mol. The molecule has 2 amide bonds. The minimum absolute atomic E-state index is 0.199. The van der Waals surface area contributed by atoms with E-state index in [0.717, 1.165) is 17.8 Å². The topological polar surface area (TPSA) is 105 Å². The number of carbonyl (C=O) groups is 1. The molecule has 0 aliphatic carbocycles. The van der Waals surface area contributed by atoms with Crippen molar-refractivity contribution in [2.24, 2.45) is 0 Å². The van der Waals surface area contributed by atoms with Gasteiger partial charge in [0.15, 0.2) is 11.6 Å². The highest BCUT2D eigenvalue weighted by Crippen LogP contribution is 2.23. The summed E-state index contributed by atoms with van der Waals surface area (Å²) in [6.45, 7) is 5.29. The third-order valence-corrected chi connectivity index (χ3v) is 4.30. The van der Waals surface area contributed by atoms with Crippen LogP contribution in [0.4, 0.5) is 10.7 Å². The average molecular weight is 341 g/mol. The van der Waals surface area contributed by atoms with Gasteiger partial charge in [-0.25, -0.2) is 4.79 Å². The number of likely N-dealkylation sites (tertiary alicyclic amines) is 1. The Bertz CT molecular complexity index is 880. The molecule has 1 atom stereocenters. The van der Waals surface area contributed by atoms with Gasteiger partial charge < -0.3 is 9.32 Å². The van der Waals surface area contributed by atoms with E-state index in [4.69, 9.17) is 4.42 Å². The van der Waals surface area contributed by atoms with Crippen molar-refractivity contribution in [1.82, 2.24) is 29.9 Å². The minimum Gasteiger partial charge on any atom is -0.461 e. The molecule has 9 heteroatoms. The molecule has 130 valence electrons. The molecule has 0 bridgehead atoms. The maximum Gasteiger partial charge on any atom is 0.324 e. The molecule has 1 unspecified atom stereocenters. The Morgan fingerprint density at radius 2 is 2.32 bits per heavy atom. The average Bonchev–Trinajstić information content (AvgIpc) is 3.34. The highest BCUT2D eigenvalue weighted by atomic mass is 16.3. The second-order valence-corrected chi connectivity index (χ2v) is 6.18. The smallest absolute Gasteiger partial charge is 0.324 e. The van der Waals surface area contributed by atoms with E-state index in [2.05, 4.69) is 25.6 Å². The van der Waals surface area contributed by atoms with E-state index in [1.165, 1.54) is 0 Å². The molecule has 1 fully saturated rings. The van der Waals surface area contributed by atoms with Crippen molar-refractivity contribution in [2.45, 2.75) is 26.3 Å². The maximum absolute atomic E-state index is 12.4. The standard InChI is InChI=1S/C16H19N7O2/c1-10-8-11(2)23(21-10)12-5-6-22(9-12)16(24)18-15-17-14(19-20-15)13-4-3-7-25-13/h3-4,7-8,12H,5-6,9H2,1-2H3,(H2,17,18,19,20,24). The van der Waals surface area contributed by atoms with Crippen LogP contribution in [0.5, 0.6) is 0 Å². The number of urea groups is 1. The lowest BCUT2D eigenvalue weighted by atomic mass is 10.2. The minimum atomic E-state index is -0.214. The zero-order valence-electron chi connectivity index (χ0n) is 14.1. The van der Waals surface area contributed by atoms with Gasteiger partial charge in [-0.1, -0.05) is 0 Å². The first-order valence-electron chi connectivity index (χ1n) is 8.15. The second-order valence-electron chi connectivity index (χ2n) is 6.18. The van der Waals surface area contributed by atoms with Crippen molar-refractivity contribution < 1.29 is 9.21 Å². The van der Waals surface area contributed by atoms with Crippen molar-refractivity contribution in [3.63, 3.8) is 0 Å². The Morgan fingerprint density at radius 3 is 3.04 bits per heavy atom. The summed E-state index contributed by atoms with van der Waals surface area (Å²) in [4.78, 5) is 18.4. The number of hydrogen-bond donors (Lipinski definition) is 2. The van der Waals surface area contributed by atoms with Crippen LogP contribution < -0.4 is 5.32 Å². The number of aryl methyl sites for hydroxylation is 2. The first-order chi connectivity index (χ1) is 12.1. The Hall–Kier alpha value is -3.10. The van der Waals surface area contributed by atoms with Crippen LogP contribution in [0.25, 0.3) is 11.6 Å². The molecule has 1 saturated heterocycles. The number of hydrogen-bond acceptors (Lipinski definition) is 5. The maximum atomic E-state index is 12.4. The second kappa shape index (κ2) is 6.08. The lowest BCUT2D eigenvalue weighted by Crippen LogP contribution is -2.33. The number of rotatable bonds is 3. The Morgan fingerprint density at radius 1 is 1.44 bits per heavy atom. The fourth-order valence-corrected chi connectivity index (χ4v) is 3.16. The SMILES string of the molecule is Cc1cc(C)n(C2CCN(C(=O)Nc3n[nH]c(-c4ccco4)n3)C2)n1. The predicted octanol–water partition coefficient (Wildman–Crippen LogP) is 2.36. The van der Waals surface area contributed by atoms with Crippen molar-refractivity contribution in [2.75, 3.05) is 18.4 Å².